The van der Waals surface area contributed by atoms with Crippen LogP contribution in [0, 0.1) is 0 Å². The summed E-state index contributed by atoms with van der Waals surface area (Å²) in [5, 5.41) is 9.55. The fourth-order valence-electron chi connectivity index (χ4n) is 1.53. The van der Waals surface area contributed by atoms with E-state index in [2.05, 4.69) is 4.98 Å². The van der Waals surface area contributed by atoms with Gasteiger partial charge in [0.15, 0.2) is 0 Å². The number of aliphatic hydroxyl groups is 1. The highest BCUT2D eigenvalue weighted by Crippen LogP contribution is 2.17. The minimum absolute atomic E-state index is 0.0288. The molecule has 0 spiro atoms. The number of hydrogen-bond acceptors (Lipinski definition) is 4. The lowest BCUT2D eigenvalue weighted by Gasteiger charge is -2.23. The first-order chi connectivity index (χ1) is 8.45. The van der Waals surface area contributed by atoms with Crippen molar-refractivity contribution in [2.75, 3.05) is 32.1 Å². The van der Waals surface area contributed by atoms with Gasteiger partial charge in [0.25, 0.3) is 0 Å². The summed E-state index contributed by atoms with van der Waals surface area (Å²) in [6.07, 6.45) is 1.12. The van der Waals surface area contributed by atoms with Gasteiger partial charge in [-0.3, -0.25) is 4.79 Å². The molecule has 1 aromatic rings. The van der Waals surface area contributed by atoms with E-state index < -0.39 is 6.10 Å². The number of carbonyl (C=O) groups is 1. The van der Waals surface area contributed by atoms with Crippen LogP contribution >= 0.6 is 0 Å². The molecule has 5 heteroatoms. The average molecular weight is 251 g/mol. The zero-order valence-electron chi connectivity index (χ0n) is 11.4. The number of amides is 1. The molecule has 0 aromatic carbocycles. The third kappa shape index (κ3) is 3.70. The van der Waals surface area contributed by atoms with Crippen LogP contribution < -0.4 is 4.90 Å². The summed E-state index contributed by atoms with van der Waals surface area (Å²) in [7, 11) is 3.46. The van der Waals surface area contributed by atoms with Gasteiger partial charge in [-0.2, -0.15) is 0 Å². The lowest BCUT2D eigenvalue weighted by atomic mass is 10.1. The predicted octanol–water partition coefficient (Wildman–Crippen LogP) is 1.05. The van der Waals surface area contributed by atoms with Crippen LogP contribution in [0.15, 0.2) is 18.3 Å². The Morgan fingerprint density at radius 3 is 2.67 bits per heavy atom. The fraction of sp³-hybridized carbons (Fsp3) is 0.538. The Balaban J connectivity index is 2.88. The van der Waals surface area contributed by atoms with Gasteiger partial charge in [0.2, 0.25) is 5.91 Å². The van der Waals surface area contributed by atoms with Gasteiger partial charge in [-0.1, -0.05) is 0 Å². The Morgan fingerprint density at radius 1 is 1.50 bits per heavy atom. The number of anilines is 1. The molecule has 0 fully saturated rings. The maximum atomic E-state index is 11.7. The lowest BCUT2D eigenvalue weighted by molar-refractivity contribution is -0.127. The Kier molecular flexibility index (Phi) is 5.09. The van der Waals surface area contributed by atoms with Crippen molar-refractivity contribution in [3.8, 4) is 0 Å². The van der Waals surface area contributed by atoms with Crippen molar-refractivity contribution in [1.82, 2.24) is 9.88 Å². The Hall–Kier alpha value is -1.62. The van der Waals surface area contributed by atoms with Gasteiger partial charge in [0.05, 0.1) is 12.6 Å². The van der Waals surface area contributed by atoms with Crippen LogP contribution in [0.3, 0.4) is 0 Å². The van der Waals surface area contributed by atoms with E-state index in [1.807, 2.05) is 17.9 Å². The summed E-state index contributed by atoms with van der Waals surface area (Å²) in [6, 6.07) is 3.59. The normalized spacial score (nSPS) is 12.1. The van der Waals surface area contributed by atoms with E-state index in [-0.39, 0.29) is 5.91 Å². The molecule has 0 aliphatic rings. The molecular weight excluding hydrogens is 230 g/mol. The SMILES string of the molecule is CCN(CC(=O)N(C)C)c1cc([C@@H](C)O)ccn1. The Labute approximate surface area is 108 Å². The molecule has 1 amide bonds. The van der Waals surface area contributed by atoms with E-state index in [0.717, 1.165) is 5.56 Å². The highest BCUT2D eigenvalue weighted by atomic mass is 16.3. The lowest BCUT2D eigenvalue weighted by Crippen LogP contribution is -2.37. The molecule has 1 heterocycles. The fourth-order valence-corrected chi connectivity index (χ4v) is 1.53. The van der Waals surface area contributed by atoms with Crippen molar-refractivity contribution in [2.24, 2.45) is 0 Å². The van der Waals surface area contributed by atoms with Crippen LogP contribution in [0.4, 0.5) is 5.82 Å². The molecule has 0 saturated heterocycles. The maximum Gasteiger partial charge on any atom is 0.241 e. The van der Waals surface area contributed by atoms with Gasteiger partial charge in [0, 0.05) is 26.8 Å². The number of likely N-dealkylation sites (N-methyl/N-ethyl adjacent to an activating group) is 2. The smallest absolute Gasteiger partial charge is 0.241 e. The number of carbonyl (C=O) groups excluding carboxylic acids is 1. The van der Waals surface area contributed by atoms with Crippen LogP contribution in [0.1, 0.15) is 25.5 Å². The summed E-state index contributed by atoms with van der Waals surface area (Å²) >= 11 is 0. The largest absolute Gasteiger partial charge is 0.389 e. The third-order valence-electron chi connectivity index (χ3n) is 2.78. The van der Waals surface area contributed by atoms with E-state index in [0.29, 0.717) is 18.9 Å². The van der Waals surface area contributed by atoms with Crippen molar-refractivity contribution in [2.45, 2.75) is 20.0 Å². The number of aromatic nitrogens is 1. The number of hydrogen-bond donors (Lipinski definition) is 1. The first-order valence-electron chi connectivity index (χ1n) is 6.04. The number of pyridine rings is 1. The summed E-state index contributed by atoms with van der Waals surface area (Å²) in [6.45, 7) is 4.66. The average Bonchev–Trinajstić information content (AvgIpc) is 2.35. The van der Waals surface area contributed by atoms with Gasteiger partial charge in [-0.15, -0.1) is 0 Å². The minimum atomic E-state index is -0.532. The molecule has 1 N–H and O–H groups in total. The second kappa shape index (κ2) is 6.35. The Morgan fingerprint density at radius 2 is 2.17 bits per heavy atom. The van der Waals surface area contributed by atoms with E-state index >= 15 is 0 Å². The standard InChI is InChI=1S/C13H21N3O2/c1-5-16(9-13(18)15(3)4)12-8-11(10(2)17)6-7-14-12/h6-8,10,17H,5,9H2,1-4H3/t10-/m1/s1. The topological polar surface area (TPSA) is 56.7 Å². The number of rotatable bonds is 5. The van der Waals surface area contributed by atoms with Crippen molar-refractivity contribution in [3.05, 3.63) is 23.9 Å². The minimum Gasteiger partial charge on any atom is -0.389 e. The first kappa shape index (κ1) is 14.4. The van der Waals surface area contributed by atoms with Crippen LogP contribution in [0.2, 0.25) is 0 Å². The van der Waals surface area contributed by atoms with Gasteiger partial charge >= 0.3 is 0 Å². The highest BCUT2D eigenvalue weighted by molar-refractivity contribution is 5.80. The van der Waals surface area contributed by atoms with E-state index in [1.54, 1.807) is 38.2 Å². The second-order valence-electron chi connectivity index (χ2n) is 4.43. The molecular formula is C13H21N3O2. The van der Waals surface area contributed by atoms with Gasteiger partial charge in [0.1, 0.15) is 5.82 Å². The van der Waals surface area contributed by atoms with Crippen LogP contribution in [-0.2, 0) is 4.79 Å². The highest BCUT2D eigenvalue weighted by Gasteiger charge is 2.13. The van der Waals surface area contributed by atoms with Gasteiger partial charge < -0.3 is 14.9 Å². The summed E-state index contributed by atoms with van der Waals surface area (Å²) in [5.41, 5.74) is 0.802. The molecule has 0 aliphatic carbocycles. The molecule has 1 aromatic heterocycles. The van der Waals surface area contributed by atoms with Crippen molar-refractivity contribution in [3.63, 3.8) is 0 Å². The van der Waals surface area contributed by atoms with Crippen molar-refractivity contribution >= 4 is 11.7 Å². The number of aliphatic hydroxyl groups excluding tert-OH is 1. The molecule has 0 unspecified atom stereocenters. The molecule has 1 rings (SSSR count). The second-order valence-corrected chi connectivity index (χ2v) is 4.43. The quantitative estimate of drug-likeness (QED) is 0.850. The zero-order valence-corrected chi connectivity index (χ0v) is 11.4. The third-order valence-corrected chi connectivity index (χ3v) is 2.78. The predicted molar refractivity (Wildman–Crippen MR) is 71.5 cm³/mol. The molecule has 0 radical (unpaired) electrons. The van der Waals surface area contributed by atoms with E-state index in [4.69, 9.17) is 0 Å². The van der Waals surface area contributed by atoms with E-state index in [1.165, 1.54) is 0 Å². The first-order valence-corrected chi connectivity index (χ1v) is 6.04. The van der Waals surface area contributed by atoms with Crippen LogP contribution in [-0.4, -0.2) is 48.1 Å². The number of nitrogens with zero attached hydrogens (tertiary/aromatic N) is 3. The van der Waals surface area contributed by atoms with E-state index in [9.17, 15) is 9.90 Å². The summed E-state index contributed by atoms with van der Waals surface area (Å²) in [4.78, 5) is 19.4. The molecule has 0 saturated carbocycles. The van der Waals surface area contributed by atoms with Gasteiger partial charge in [-0.25, -0.2) is 4.98 Å². The molecule has 5 nitrogen and oxygen atoms in total. The van der Waals surface area contributed by atoms with Crippen LogP contribution in [0.25, 0.3) is 0 Å². The molecule has 0 aliphatic heterocycles. The monoisotopic (exact) mass is 251 g/mol. The molecule has 100 valence electrons. The van der Waals surface area contributed by atoms with Crippen LogP contribution in [0.5, 0.6) is 0 Å². The van der Waals surface area contributed by atoms with Gasteiger partial charge in [-0.05, 0) is 31.5 Å². The molecule has 1 atom stereocenters. The zero-order chi connectivity index (χ0) is 13.7. The maximum absolute atomic E-state index is 11.7. The summed E-state index contributed by atoms with van der Waals surface area (Å²) < 4.78 is 0. The summed E-state index contributed by atoms with van der Waals surface area (Å²) in [5.74, 6) is 0.743. The van der Waals surface area contributed by atoms with Crippen molar-refractivity contribution in [1.29, 1.82) is 0 Å². The molecule has 18 heavy (non-hydrogen) atoms. The molecule has 0 bridgehead atoms. The van der Waals surface area contributed by atoms with Crippen molar-refractivity contribution < 1.29 is 9.90 Å². The Bertz CT molecular complexity index is 405.